The lowest BCUT2D eigenvalue weighted by Gasteiger charge is -2.17. The third-order valence-electron chi connectivity index (χ3n) is 3.81. The van der Waals surface area contributed by atoms with E-state index in [1.807, 2.05) is 0 Å². The average molecular weight is 345 g/mol. The standard InChI is InChI=1S/2C10H20O2/c1-10(2,3)8-6-4-5-7-9(11)12;1-2-3-4-5-6-7-8-9-10(11)12/h4-8H2,1-3H3,(H,11,12);2-9H2,1H3,(H,11,12). The summed E-state index contributed by atoms with van der Waals surface area (Å²) in [6.45, 7) is 8.84. The van der Waals surface area contributed by atoms with Gasteiger partial charge in [-0.2, -0.15) is 0 Å². The van der Waals surface area contributed by atoms with Gasteiger partial charge in [-0.25, -0.2) is 0 Å². The summed E-state index contributed by atoms with van der Waals surface area (Å²) in [5, 5.41) is 16.7. The van der Waals surface area contributed by atoms with E-state index < -0.39 is 11.9 Å². The Morgan fingerprint density at radius 2 is 1.04 bits per heavy atom. The van der Waals surface area contributed by atoms with Gasteiger partial charge in [0.2, 0.25) is 0 Å². The Balaban J connectivity index is 0. The fourth-order valence-corrected chi connectivity index (χ4v) is 2.34. The first kappa shape index (κ1) is 25.2. The first-order valence-corrected chi connectivity index (χ1v) is 9.62. The average Bonchev–Trinajstić information content (AvgIpc) is 2.45. The molecule has 0 fully saturated rings. The summed E-state index contributed by atoms with van der Waals surface area (Å²) in [4.78, 5) is 20.3. The molecule has 0 atom stereocenters. The first-order valence-electron chi connectivity index (χ1n) is 9.62. The SMILES string of the molecule is CC(C)(C)CCCCCC(=O)O.CCCCCCCCCC(=O)O. The molecule has 0 unspecified atom stereocenters. The van der Waals surface area contributed by atoms with Crippen molar-refractivity contribution in [1.82, 2.24) is 0 Å². The molecule has 0 saturated heterocycles. The first-order chi connectivity index (χ1) is 11.2. The lowest BCUT2D eigenvalue weighted by molar-refractivity contribution is -0.138. The van der Waals surface area contributed by atoms with Crippen LogP contribution in [0.1, 0.15) is 111 Å². The third-order valence-corrected chi connectivity index (χ3v) is 3.81. The smallest absolute Gasteiger partial charge is 0.303 e. The Hall–Kier alpha value is -1.06. The minimum atomic E-state index is -0.675. The van der Waals surface area contributed by atoms with Crippen LogP contribution in [0.3, 0.4) is 0 Å². The molecule has 0 rings (SSSR count). The van der Waals surface area contributed by atoms with E-state index in [0.29, 0.717) is 18.3 Å². The van der Waals surface area contributed by atoms with Gasteiger partial charge in [-0.05, 0) is 24.7 Å². The van der Waals surface area contributed by atoms with Gasteiger partial charge in [0.05, 0.1) is 0 Å². The molecule has 0 aromatic rings. The van der Waals surface area contributed by atoms with E-state index in [1.165, 1.54) is 38.5 Å². The molecule has 2 N–H and O–H groups in total. The number of unbranched alkanes of at least 4 members (excludes halogenated alkanes) is 8. The van der Waals surface area contributed by atoms with Gasteiger partial charge < -0.3 is 10.2 Å². The van der Waals surface area contributed by atoms with E-state index in [9.17, 15) is 9.59 Å². The number of rotatable bonds is 13. The Bertz CT molecular complexity index is 305. The lowest BCUT2D eigenvalue weighted by atomic mass is 9.89. The second-order valence-corrected chi connectivity index (χ2v) is 7.78. The molecular weight excluding hydrogens is 304 g/mol. The van der Waals surface area contributed by atoms with E-state index in [4.69, 9.17) is 10.2 Å². The van der Waals surface area contributed by atoms with Crippen molar-refractivity contribution >= 4 is 11.9 Å². The number of aliphatic carboxylic acids is 2. The van der Waals surface area contributed by atoms with E-state index in [-0.39, 0.29) is 0 Å². The highest BCUT2D eigenvalue weighted by Crippen LogP contribution is 2.22. The summed E-state index contributed by atoms with van der Waals surface area (Å²) in [6, 6.07) is 0. The lowest BCUT2D eigenvalue weighted by Crippen LogP contribution is -2.04. The summed E-state index contributed by atoms with van der Waals surface area (Å²) in [7, 11) is 0. The summed E-state index contributed by atoms with van der Waals surface area (Å²) in [5.41, 5.74) is 0.392. The van der Waals surface area contributed by atoms with Crippen molar-refractivity contribution in [2.24, 2.45) is 5.41 Å². The summed E-state index contributed by atoms with van der Waals surface area (Å²) >= 11 is 0. The fraction of sp³-hybridized carbons (Fsp3) is 0.900. The van der Waals surface area contributed by atoms with Crippen LogP contribution in [0.5, 0.6) is 0 Å². The van der Waals surface area contributed by atoms with Crippen LogP contribution >= 0.6 is 0 Å². The summed E-state index contributed by atoms with van der Waals surface area (Å²) in [6.07, 6.45) is 13.2. The van der Waals surface area contributed by atoms with Crippen LogP contribution in [0.25, 0.3) is 0 Å². The van der Waals surface area contributed by atoms with Crippen LogP contribution in [-0.4, -0.2) is 22.2 Å². The van der Waals surface area contributed by atoms with Crippen molar-refractivity contribution in [1.29, 1.82) is 0 Å². The van der Waals surface area contributed by atoms with Gasteiger partial charge in [0, 0.05) is 12.8 Å². The molecule has 0 amide bonds. The third kappa shape index (κ3) is 29.0. The molecule has 4 heteroatoms. The van der Waals surface area contributed by atoms with Crippen molar-refractivity contribution in [2.75, 3.05) is 0 Å². The largest absolute Gasteiger partial charge is 0.481 e. The highest BCUT2D eigenvalue weighted by Gasteiger charge is 2.08. The maximum Gasteiger partial charge on any atom is 0.303 e. The molecule has 0 radical (unpaired) electrons. The zero-order valence-electron chi connectivity index (χ0n) is 16.4. The maximum atomic E-state index is 10.2. The molecule has 0 saturated carbocycles. The Morgan fingerprint density at radius 3 is 1.42 bits per heavy atom. The van der Waals surface area contributed by atoms with Crippen LogP contribution in [-0.2, 0) is 9.59 Å². The fourth-order valence-electron chi connectivity index (χ4n) is 2.34. The molecule has 0 bridgehead atoms. The van der Waals surface area contributed by atoms with Gasteiger partial charge in [0.25, 0.3) is 0 Å². The number of carboxylic acids is 2. The number of hydrogen-bond acceptors (Lipinski definition) is 2. The molecule has 0 spiro atoms. The van der Waals surface area contributed by atoms with Gasteiger partial charge in [-0.15, -0.1) is 0 Å². The topological polar surface area (TPSA) is 74.6 Å². The number of carboxylic acid groups (broad SMARTS) is 2. The molecule has 144 valence electrons. The quantitative estimate of drug-likeness (QED) is 0.386. The molecule has 0 heterocycles. The molecule has 4 nitrogen and oxygen atoms in total. The van der Waals surface area contributed by atoms with E-state index >= 15 is 0 Å². The highest BCUT2D eigenvalue weighted by atomic mass is 16.4. The highest BCUT2D eigenvalue weighted by molar-refractivity contribution is 5.66. The van der Waals surface area contributed by atoms with Gasteiger partial charge in [-0.1, -0.05) is 79.1 Å². The van der Waals surface area contributed by atoms with Crippen LogP contribution in [0, 0.1) is 5.41 Å². The van der Waals surface area contributed by atoms with Crippen LogP contribution in [0.4, 0.5) is 0 Å². The minimum Gasteiger partial charge on any atom is -0.481 e. The Labute approximate surface area is 149 Å². The number of hydrogen-bond donors (Lipinski definition) is 2. The van der Waals surface area contributed by atoms with Crippen LogP contribution in [0.2, 0.25) is 0 Å². The zero-order valence-corrected chi connectivity index (χ0v) is 16.4. The Kier molecular flexibility index (Phi) is 17.6. The van der Waals surface area contributed by atoms with Crippen LogP contribution < -0.4 is 0 Å². The second kappa shape index (κ2) is 16.8. The molecule has 0 aliphatic carbocycles. The van der Waals surface area contributed by atoms with E-state index in [0.717, 1.165) is 32.1 Å². The van der Waals surface area contributed by atoms with Crippen molar-refractivity contribution in [3.63, 3.8) is 0 Å². The van der Waals surface area contributed by atoms with Gasteiger partial charge >= 0.3 is 11.9 Å². The molecular formula is C20H40O4. The van der Waals surface area contributed by atoms with E-state index in [1.54, 1.807) is 0 Å². The minimum absolute atomic E-state index is 0.324. The van der Waals surface area contributed by atoms with Crippen molar-refractivity contribution in [2.45, 2.75) is 111 Å². The molecule has 0 aromatic heterocycles. The molecule has 24 heavy (non-hydrogen) atoms. The summed E-state index contributed by atoms with van der Waals surface area (Å²) < 4.78 is 0. The normalized spacial score (nSPS) is 10.8. The van der Waals surface area contributed by atoms with Crippen molar-refractivity contribution in [3.8, 4) is 0 Å². The molecule has 0 aromatic carbocycles. The maximum absolute atomic E-state index is 10.2. The molecule has 0 aliphatic heterocycles. The molecule has 0 aliphatic rings. The van der Waals surface area contributed by atoms with Gasteiger partial charge in [-0.3, -0.25) is 9.59 Å². The van der Waals surface area contributed by atoms with Crippen LogP contribution in [0.15, 0.2) is 0 Å². The van der Waals surface area contributed by atoms with E-state index in [2.05, 4.69) is 27.7 Å². The monoisotopic (exact) mass is 344 g/mol. The predicted molar refractivity (Wildman–Crippen MR) is 100 cm³/mol. The zero-order chi connectivity index (χ0) is 18.8. The second-order valence-electron chi connectivity index (χ2n) is 7.78. The Morgan fingerprint density at radius 1 is 0.667 bits per heavy atom. The number of carbonyl (C=O) groups is 2. The van der Waals surface area contributed by atoms with Crippen molar-refractivity contribution < 1.29 is 19.8 Å². The van der Waals surface area contributed by atoms with Crippen molar-refractivity contribution in [3.05, 3.63) is 0 Å². The summed E-state index contributed by atoms with van der Waals surface area (Å²) in [5.74, 6) is -1.34. The van der Waals surface area contributed by atoms with Gasteiger partial charge in [0.1, 0.15) is 0 Å². The predicted octanol–water partition coefficient (Wildman–Crippen LogP) is 6.28. The van der Waals surface area contributed by atoms with Gasteiger partial charge in [0.15, 0.2) is 0 Å².